The van der Waals surface area contributed by atoms with Crippen molar-refractivity contribution in [3.05, 3.63) is 47.1 Å². The van der Waals surface area contributed by atoms with Crippen molar-refractivity contribution < 1.29 is 4.52 Å². The lowest BCUT2D eigenvalue weighted by Crippen LogP contribution is -2.35. The van der Waals surface area contributed by atoms with Gasteiger partial charge in [-0.3, -0.25) is 0 Å². The zero-order valence-corrected chi connectivity index (χ0v) is 17.4. The summed E-state index contributed by atoms with van der Waals surface area (Å²) >= 11 is 7.74. The average Bonchev–Trinajstić information content (AvgIpc) is 3.08. The maximum atomic E-state index is 6.08. The number of nitrogens with zero attached hydrogens (tertiary/aromatic N) is 6. The minimum absolute atomic E-state index is 0.294. The van der Waals surface area contributed by atoms with Crippen LogP contribution in [0.15, 0.2) is 35.0 Å². The lowest BCUT2D eigenvalue weighted by molar-refractivity contribution is 0.326. The number of aryl methyl sites for hydroxylation is 1. The fraction of sp³-hybridized carbons (Fsp3) is 0.400. The second-order valence-corrected chi connectivity index (χ2v) is 9.44. The molecule has 3 aromatic heterocycles. The van der Waals surface area contributed by atoms with Crippen molar-refractivity contribution in [3.63, 3.8) is 0 Å². The van der Waals surface area contributed by atoms with Gasteiger partial charge in [-0.05, 0) is 43.7 Å². The van der Waals surface area contributed by atoms with Crippen molar-refractivity contribution in [2.75, 3.05) is 18.0 Å². The highest BCUT2D eigenvalue weighted by Crippen LogP contribution is 2.64. The Morgan fingerprint density at radius 3 is 2.90 bits per heavy atom. The molecule has 2 aliphatic rings. The molecule has 9 heteroatoms. The highest BCUT2D eigenvalue weighted by molar-refractivity contribution is 7.20. The van der Waals surface area contributed by atoms with Crippen LogP contribution in [0.1, 0.15) is 36.8 Å². The Bertz CT molecular complexity index is 1170. The highest BCUT2D eigenvalue weighted by Gasteiger charge is 2.58. The van der Waals surface area contributed by atoms with E-state index in [1.807, 2.05) is 41.9 Å². The molecule has 0 amide bonds. The molecule has 1 spiro atoms. The van der Waals surface area contributed by atoms with Gasteiger partial charge in [0.05, 0.1) is 11.9 Å². The highest BCUT2D eigenvalue weighted by atomic mass is 35.5. The number of rotatable bonds is 3. The molecule has 1 aliphatic carbocycles. The third kappa shape index (κ3) is 2.93. The standard InChI is InChI=1S/C20H19ClN6OS/c1-12-11-27-18(22-12)29-19(24-27)26-7-5-20(6-8-26)10-15(20)17-23-16(25-28-17)13-3-2-4-14(21)9-13/h2-4,9,11,15H,5-8,10H2,1H3/t15-/m0/s1. The van der Waals surface area contributed by atoms with Crippen LogP contribution in [0, 0.1) is 12.3 Å². The molecule has 0 N–H and O–H groups in total. The summed E-state index contributed by atoms with van der Waals surface area (Å²) in [4.78, 5) is 12.5. The molecule has 6 rings (SSSR count). The summed E-state index contributed by atoms with van der Waals surface area (Å²) in [6, 6.07) is 7.56. The van der Waals surface area contributed by atoms with Crippen molar-refractivity contribution in [2.45, 2.75) is 32.1 Å². The maximum absolute atomic E-state index is 6.08. The minimum Gasteiger partial charge on any atom is -0.347 e. The molecule has 0 radical (unpaired) electrons. The number of benzene rings is 1. The largest absolute Gasteiger partial charge is 0.347 e. The van der Waals surface area contributed by atoms with Gasteiger partial charge in [0.1, 0.15) is 0 Å². The Balaban J connectivity index is 1.15. The first-order chi connectivity index (χ1) is 14.1. The van der Waals surface area contributed by atoms with Crippen LogP contribution in [0.3, 0.4) is 0 Å². The molecule has 1 saturated carbocycles. The molecule has 4 heterocycles. The molecule has 1 atom stereocenters. The van der Waals surface area contributed by atoms with Gasteiger partial charge >= 0.3 is 0 Å². The van der Waals surface area contributed by atoms with Gasteiger partial charge in [0.2, 0.25) is 21.8 Å². The molecule has 1 saturated heterocycles. The minimum atomic E-state index is 0.294. The second kappa shape index (κ2) is 6.27. The number of hydrogen-bond donors (Lipinski definition) is 0. The van der Waals surface area contributed by atoms with Crippen LogP contribution >= 0.6 is 22.9 Å². The zero-order chi connectivity index (χ0) is 19.6. The van der Waals surface area contributed by atoms with E-state index < -0.39 is 0 Å². The summed E-state index contributed by atoms with van der Waals surface area (Å²) in [5.74, 6) is 1.74. The van der Waals surface area contributed by atoms with Crippen LogP contribution in [0.2, 0.25) is 5.02 Å². The smallest absolute Gasteiger partial charge is 0.230 e. The summed E-state index contributed by atoms with van der Waals surface area (Å²) in [5.41, 5.74) is 2.19. The summed E-state index contributed by atoms with van der Waals surface area (Å²) < 4.78 is 7.51. The Morgan fingerprint density at radius 1 is 1.24 bits per heavy atom. The Morgan fingerprint density at radius 2 is 2.10 bits per heavy atom. The van der Waals surface area contributed by atoms with E-state index in [-0.39, 0.29) is 0 Å². The number of fused-ring (bicyclic) bond motifs is 1. The van der Waals surface area contributed by atoms with Crippen LogP contribution in [-0.4, -0.2) is 37.8 Å². The number of aromatic nitrogens is 5. The van der Waals surface area contributed by atoms with Crippen LogP contribution in [0.5, 0.6) is 0 Å². The first kappa shape index (κ1) is 17.4. The van der Waals surface area contributed by atoms with Crippen molar-refractivity contribution in [1.29, 1.82) is 0 Å². The van der Waals surface area contributed by atoms with Crippen molar-refractivity contribution in [3.8, 4) is 11.4 Å². The molecule has 148 valence electrons. The summed E-state index contributed by atoms with van der Waals surface area (Å²) in [6.07, 6.45) is 5.34. The normalized spacial score (nSPS) is 20.6. The number of hydrogen-bond acceptors (Lipinski definition) is 7. The van der Waals surface area contributed by atoms with Gasteiger partial charge in [-0.25, -0.2) is 9.50 Å². The SMILES string of the molecule is Cc1cn2nc(N3CCC4(CC3)C[C@H]4c3nc(-c4cccc(Cl)c4)no3)sc2n1. The second-order valence-electron chi connectivity index (χ2n) is 8.07. The van der Waals surface area contributed by atoms with Crippen molar-refractivity contribution in [1.82, 2.24) is 24.7 Å². The van der Waals surface area contributed by atoms with E-state index in [2.05, 4.69) is 20.0 Å². The third-order valence-electron chi connectivity index (χ3n) is 6.20. The molecular weight excluding hydrogens is 408 g/mol. The van der Waals surface area contributed by atoms with Gasteiger partial charge in [-0.1, -0.05) is 40.2 Å². The zero-order valence-electron chi connectivity index (χ0n) is 15.9. The fourth-order valence-electron chi connectivity index (χ4n) is 4.44. The lowest BCUT2D eigenvalue weighted by atomic mass is 9.91. The Kier molecular flexibility index (Phi) is 3.77. The van der Waals surface area contributed by atoms with Gasteiger partial charge in [0.15, 0.2) is 0 Å². The molecule has 0 unspecified atom stereocenters. The Hall–Kier alpha value is -2.45. The molecule has 1 aliphatic heterocycles. The van der Waals surface area contributed by atoms with Crippen LogP contribution in [-0.2, 0) is 0 Å². The molecule has 0 bridgehead atoms. The molecule has 29 heavy (non-hydrogen) atoms. The van der Waals surface area contributed by atoms with Gasteiger partial charge < -0.3 is 9.42 Å². The van der Waals surface area contributed by atoms with E-state index >= 15 is 0 Å². The van der Waals surface area contributed by atoms with Crippen LogP contribution in [0.25, 0.3) is 16.3 Å². The molecule has 1 aromatic carbocycles. The lowest BCUT2D eigenvalue weighted by Gasteiger charge is -2.32. The maximum Gasteiger partial charge on any atom is 0.230 e. The first-order valence-electron chi connectivity index (χ1n) is 9.77. The fourth-order valence-corrected chi connectivity index (χ4v) is 5.61. The number of halogens is 1. The molecule has 4 aromatic rings. The van der Waals surface area contributed by atoms with E-state index in [1.54, 1.807) is 11.3 Å². The monoisotopic (exact) mass is 426 g/mol. The van der Waals surface area contributed by atoms with Crippen molar-refractivity contribution >= 4 is 33.0 Å². The third-order valence-corrected chi connectivity index (χ3v) is 7.41. The average molecular weight is 427 g/mol. The predicted octanol–water partition coefficient (Wildman–Crippen LogP) is 4.58. The predicted molar refractivity (Wildman–Crippen MR) is 112 cm³/mol. The van der Waals surface area contributed by atoms with Gasteiger partial charge in [0, 0.05) is 29.6 Å². The number of piperidine rings is 1. The summed E-state index contributed by atoms with van der Waals surface area (Å²) in [5, 5.41) is 10.6. The Labute approximate surface area is 176 Å². The summed E-state index contributed by atoms with van der Waals surface area (Å²) in [7, 11) is 0. The van der Waals surface area contributed by atoms with Gasteiger partial charge in [-0.15, -0.1) is 5.10 Å². The summed E-state index contributed by atoms with van der Waals surface area (Å²) in [6.45, 7) is 4.00. The number of anilines is 1. The van der Waals surface area contributed by atoms with E-state index in [9.17, 15) is 0 Å². The topological polar surface area (TPSA) is 72.3 Å². The van der Waals surface area contributed by atoms with E-state index in [1.165, 1.54) is 0 Å². The van der Waals surface area contributed by atoms with Gasteiger partial charge in [-0.2, -0.15) is 4.98 Å². The molecule has 2 fully saturated rings. The van der Waals surface area contributed by atoms with Crippen LogP contribution < -0.4 is 4.90 Å². The first-order valence-corrected chi connectivity index (χ1v) is 11.0. The molecular formula is C20H19ClN6OS. The van der Waals surface area contributed by atoms with Crippen molar-refractivity contribution in [2.24, 2.45) is 5.41 Å². The van der Waals surface area contributed by atoms with Crippen LogP contribution in [0.4, 0.5) is 5.13 Å². The van der Waals surface area contributed by atoms with E-state index in [0.717, 1.165) is 59.6 Å². The van der Waals surface area contributed by atoms with Gasteiger partial charge in [0.25, 0.3) is 0 Å². The van der Waals surface area contributed by atoms with E-state index in [0.29, 0.717) is 22.2 Å². The van der Waals surface area contributed by atoms with E-state index in [4.69, 9.17) is 21.2 Å². The quantitative estimate of drug-likeness (QED) is 0.477. The molecule has 7 nitrogen and oxygen atoms in total. The number of imidazole rings is 1.